The van der Waals surface area contributed by atoms with Crippen LogP contribution in [-0.2, 0) is 11.0 Å². The van der Waals surface area contributed by atoms with Gasteiger partial charge in [-0.2, -0.15) is 18.4 Å². The van der Waals surface area contributed by atoms with Gasteiger partial charge in [0.1, 0.15) is 16.8 Å². The van der Waals surface area contributed by atoms with E-state index in [1.165, 1.54) is 23.5 Å². The Morgan fingerprint density at radius 3 is 2.82 bits per heavy atom. The van der Waals surface area contributed by atoms with Crippen molar-refractivity contribution in [2.75, 3.05) is 11.9 Å². The summed E-state index contributed by atoms with van der Waals surface area (Å²) in [6, 6.07) is 7.72. The first-order valence-electron chi connectivity index (χ1n) is 5.97. The quantitative estimate of drug-likeness (QED) is 0.933. The predicted molar refractivity (Wildman–Crippen MR) is 74.6 cm³/mol. The number of rotatable bonds is 4. The summed E-state index contributed by atoms with van der Waals surface area (Å²) in [6.45, 7) is -0.454. The highest BCUT2D eigenvalue weighted by Crippen LogP contribution is 2.31. The van der Waals surface area contributed by atoms with Crippen LogP contribution >= 0.6 is 11.3 Å². The topological polar surface area (TPSA) is 62.1 Å². The fourth-order valence-electron chi connectivity index (χ4n) is 1.57. The summed E-state index contributed by atoms with van der Waals surface area (Å²) in [6.07, 6.45) is -4.47. The van der Waals surface area contributed by atoms with Crippen molar-refractivity contribution >= 4 is 22.2 Å². The summed E-state index contributed by atoms with van der Waals surface area (Å²) in [5.41, 5.74) is -0.534. The van der Waals surface area contributed by atoms with E-state index in [9.17, 15) is 18.0 Å². The fraction of sp³-hybridized carbons (Fsp3) is 0.143. The van der Waals surface area contributed by atoms with E-state index in [1.807, 2.05) is 6.07 Å². The standard InChI is InChI=1S/C14H9F3N2O2S/c15-14(16,17)10-2-1-3-11(6-10)21-8-12(20)19-13-9(7-18)4-5-22-13/h1-6H,8H2,(H,19,20). The highest BCUT2D eigenvalue weighted by Gasteiger charge is 2.30. The van der Waals surface area contributed by atoms with Crippen molar-refractivity contribution in [2.24, 2.45) is 0 Å². The molecule has 0 saturated carbocycles. The van der Waals surface area contributed by atoms with Crippen LogP contribution < -0.4 is 10.1 Å². The predicted octanol–water partition coefficient (Wildman–Crippen LogP) is 3.66. The van der Waals surface area contributed by atoms with Gasteiger partial charge in [0, 0.05) is 0 Å². The fourth-order valence-corrected chi connectivity index (χ4v) is 2.32. The highest BCUT2D eigenvalue weighted by molar-refractivity contribution is 7.14. The Bertz CT molecular complexity index is 719. The molecule has 2 rings (SSSR count). The normalized spacial score (nSPS) is 10.8. The number of carbonyl (C=O) groups is 1. The van der Waals surface area contributed by atoms with Gasteiger partial charge in [0.25, 0.3) is 5.91 Å². The molecule has 8 heteroatoms. The number of nitrogens with zero attached hydrogens (tertiary/aromatic N) is 1. The number of benzene rings is 1. The van der Waals surface area contributed by atoms with Crippen molar-refractivity contribution in [3.05, 3.63) is 46.8 Å². The molecule has 1 amide bonds. The molecule has 0 saturated heterocycles. The average Bonchev–Trinajstić information content (AvgIpc) is 2.91. The van der Waals surface area contributed by atoms with Gasteiger partial charge in [-0.25, -0.2) is 0 Å². The molecular weight excluding hydrogens is 317 g/mol. The average molecular weight is 326 g/mol. The third-order valence-electron chi connectivity index (χ3n) is 2.57. The minimum atomic E-state index is -4.47. The van der Waals surface area contributed by atoms with Crippen molar-refractivity contribution in [3.8, 4) is 11.8 Å². The molecule has 22 heavy (non-hydrogen) atoms. The van der Waals surface area contributed by atoms with E-state index < -0.39 is 24.3 Å². The Kier molecular flexibility index (Phi) is 4.68. The minimum Gasteiger partial charge on any atom is -0.484 e. The largest absolute Gasteiger partial charge is 0.484 e. The van der Waals surface area contributed by atoms with Gasteiger partial charge in [0.05, 0.1) is 11.1 Å². The molecule has 4 nitrogen and oxygen atoms in total. The summed E-state index contributed by atoms with van der Waals surface area (Å²) in [5, 5.41) is 13.3. The lowest BCUT2D eigenvalue weighted by molar-refractivity contribution is -0.137. The van der Waals surface area contributed by atoms with Gasteiger partial charge >= 0.3 is 6.18 Å². The van der Waals surface area contributed by atoms with Crippen molar-refractivity contribution in [2.45, 2.75) is 6.18 Å². The number of thiophene rings is 1. The van der Waals surface area contributed by atoms with Gasteiger partial charge in [-0.15, -0.1) is 11.3 Å². The van der Waals surface area contributed by atoms with Crippen molar-refractivity contribution < 1.29 is 22.7 Å². The molecule has 1 N–H and O–H groups in total. The van der Waals surface area contributed by atoms with Gasteiger partial charge < -0.3 is 10.1 Å². The molecule has 1 heterocycles. The third-order valence-corrected chi connectivity index (χ3v) is 3.40. The Morgan fingerprint density at radius 2 is 2.14 bits per heavy atom. The number of anilines is 1. The molecule has 0 fully saturated rings. The van der Waals surface area contributed by atoms with Crippen molar-refractivity contribution in [3.63, 3.8) is 0 Å². The molecule has 0 spiro atoms. The molecule has 0 bridgehead atoms. The number of ether oxygens (including phenoxy) is 1. The second-order valence-electron chi connectivity index (χ2n) is 4.14. The van der Waals surface area contributed by atoms with Crippen LogP contribution in [0, 0.1) is 11.3 Å². The van der Waals surface area contributed by atoms with Crippen molar-refractivity contribution in [1.82, 2.24) is 0 Å². The van der Waals surface area contributed by atoms with Crippen LogP contribution in [0.3, 0.4) is 0 Å². The number of hydrogen-bond donors (Lipinski definition) is 1. The number of amides is 1. The molecule has 2 aromatic rings. The van der Waals surface area contributed by atoms with Crippen LogP contribution in [-0.4, -0.2) is 12.5 Å². The number of nitriles is 1. The monoisotopic (exact) mass is 326 g/mol. The summed E-state index contributed by atoms with van der Waals surface area (Å²) < 4.78 is 42.6. The molecule has 0 atom stereocenters. The van der Waals surface area contributed by atoms with E-state index in [-0.39, 0.29) is 5.75 Å². The zero-order chi connectivity index (χ0) is 16.2. The number of hydrogen-bond acceptors (Lipinski definition) is 4. The summed E-state index contributed by atoms with van der Waals surface area (Å²) in [7, 11) is 0. The third kappa shape index (κ3) is 3.99. The Labute approximate surface area is 127 Å². The molecule has 0 aliphatic heterocycles. The van der Waals surface area contributed by atoms with E-state index in [2.05, 4.69) is 5.32 Å². The minimum absolute atomic E-state index is 0.0586. The van der Waals surface area contributed by atoms with Gasteiger partial charge in [0.2, 0.25) is 0 Å². The van der Waals surface area contributed by atoms with Crippen molar-refractivity contribution in [1.29, 1.82) is 5.26 Å². The number of carbonyl (C=O) groups excluding carboxylic acids is 1. The Balaban J connectivity index is 1.96. The number of halogens is 3. The molecule has 0 aliphatic carbocycles. The Hall–Kier alpha value is -2.53. The lowest BCUT2D eigenvalue weighted by atomic mass is 10.2. The van der Waals surface area contributed by atoms with Gasteiger partial charge in [0.15, 0.2) is 6.61 Å². The molecule has 0 radical (unpaired) electrons. The van der Waals surface area contributed by atoms with Gasteiger partial charge in [-0.3, -0.25) is 4.79 Å². The summed E-state index contributed by atoms with van der Waals surface area (Å²) >= 11 is 1.17. The summed E-state index contributed by atoms with van der Waals surface area (Å²) in [5.74, 6) is -0.618. The van der Waals surface area contributed by atoms with E-state index >= 15 is 0 Å². The van der Waals surface area contributed by atoms with Crippen LogP contribution in [0.2, 0.25) is 0 Å². The van der Waals surface area contributed by atoms with Crippen LogP contribution in [0.25, 0.3) is 0 Å². The molecule has 0 aliphatic rings. The molecule has 1 aromatic heterocycles. The number of alkyl halides is 3. The maximum atomic E-state index is 12.5. The maximum absolute atomic E-state index is 12.5. The second-order valence-corrected chi connectivity index (χ2v) is 5.05. The van der Waals surface area contributed by atoms with Gasteiger partial charge in [-0.1, -0.05) is 6.07 Å². The van der Waals surface area contributed by atoms with Crippen LogP contribution in [0.1, 0.15) is 11.1 Å². The SMILES string of the molecule is N#Cc1ccsc1NC(=O)COc1cccc(C(F)(F)F)c1. The van der Waals surface area contributed by atoms with Gasteiger partial charge in [-0.05, 0) is 29.6 Å². The smallest absolute Gasteiger partial charge is 0.416 e. The molecule has 114 valence electrons. The first-order chi connectivity index (χ1) is 10.4. The summed E-state index contributed by atoms with van der Waals surface area (Å²) in [4.78, 5) is 11.7. The Morgan fingerprint density at radius 1 is 1.36 bits per heavy atom. The van der Waals surface area contributed by atoms with E-state index in [0.29, 0.717) is 10.6 Å². The zero-order valence-electron chi connectivity index (χ0n) is 11.0. The van der Waals surface area contributed by atoms with Crippen LogP contribution in [0.15, 0.2) is 35.7 Å². The number of nitrogens with one attached hydrogen (secondary N) is 1. The van der Waals surface area contributed by atoms with Crippen LogP contribution in [0.5, 0.6) is 5.75 Å². The highest BCUT2D eigenvalue weighted by atomic mass is 32.1. The molecule has 0 unspecified atom stereocenters. The first-order valence-corrected chi connectivity index (χ1v) is 6.85. The van der Waals surface area contributed by atoms with Crippen LogP contribution in [0.4, 0.5) is 18.2 Å². The van der Waals surface area contributed by atoms with E-state index in [1.54, 1.807) is 11.4 Å². The van der Waals surface area contributed by atoms with E-state index in [0.717, 1.165) is 12.1 Å². The lowest BCUT2D eigenvalue weighted by Gasteiger charge is -2.10. The zero-order valence-corrected chi connectivity index (χ0v) is 11.8. The van der Waals surface area contributed by atoms with E-state index in [4.69, 9.17) is 10.00 Å². The lowest BCUT2D eigenvalue weighted by Crippen LogP contribution is -2.20. The second kappa shape index (κ2) is 6.49. The molecule has 1 aromatic carbocycles. The maximum Gasteiger partial charge on any atom is 0.416 e. The molecular formula is C14H9F3N2O2S. The first kappa shape index (κ1) is 15.9.